The molecule has 0 amide bonds. The lowest BCUT2D eigenvalue weighted by Crippen LogP contribution is -1.97. The zero-order valence-corrected chi connectivity index (χ0v) is 9.10. The topological polar surface area (TPSA) is 64.3 Å². The SMILES string of the molecule is CCOc1ccnc2c1c(C(=O)O)cn2C. The van der Waals surface area contributed by atoms with Crippen LogP contribution in [-0.2, 0) is 7.05 Å². The molecule has 2 heterocycles. The van der Waals surface area contributed by atoms with Gasteiger partial charge in [0.1, 0.15) is 11.4 Å². The van der Waals surface area contributed by atoms with Gasteiger partial charge in [-0.3, -0.25) is 0 Å². The Morgan fingerprint density at radius 1 is 1.62 bits per heavy atom. The molecule has 1 N–H and O–H groups in total. The van der Waals surface area contributed by atoms with Gasteiger partial charge in [-0.05, 0) is 13.0 Å². The Hall–Kier alpha value is -2.04. The van der Waals surface area contributed by atoms with Gasteiger partial charge in [-0.2, -0.15) is 0 Å². The number of aromatic nitrogens is 2. The molecule has 0 aromatic carbocycles. The second-order valence-corrected chi connectivity index (χ2v) is 3.40. The summed E-state index contributed by atoms with van der Waals surface area (Å²) in [5, 5.41) is 9.65. The molecule has 0 saturated heterocycles. The van der Waals surface area contributed by atoms with Crippen LogP contribution < -0.4 is 4.74 Å². The number of fused-ring (bicyclic) bond motifs is 1. The molecule has 0 radical (unpaired) electrons. The van der Waals surface area contributed by atoms with Crippen LogP contribution in [0.1, 0.15) is 17.3 Å². The first-order valence-electron chi connectivity index (χ1n) is 4.95. The van der Waals surface area contributed by atoms with Gasteiger partial charge >= 0.3 is 5.97 Å². The van der Waals surface area contributed by atoms with Crippen LogP contribution in [0.5, 0.6) is 5.75 Å². The highest BCUT2D eigenvalue weighted by molar-refractivity contribution is 6.05. The number of hydrogen-bond acceptors (Lipinski definition) is 3. The summed E-state index contributed by atoms with van der Waals surface area (Å²) in [7, 11) is 1.76. The molecular formula is C11H12N2O3. The van der Waals surface area contributed by atoms with Crippen LogP contribution in [0.15, 0.2) is 18.5 Å². The van der Waals surface area contributed by atoms with Gasteiger partial charge in [0.15, 0.2) is 0 Å². The van der Waals surface area contributed by atoms with E-state index >= 15 is 0 Å². The Morgan fingerprint density at radius 2 is 2.38 bits per heavy atom. The van der Waals surface area contributed by atoms with Crippen molar-refractivity contribution >= 4 is 17.0 Å². The fraction of sp³-hybridized carbons (Fsp3) is 0.273. The number of carboxylic acid groups (broad SMARTS) is 1. The number of nitrogens with zero attached hydrogens (tertiary/aromatic N) is 2. The Morgan fingerprint density at radius 3 is 3.00 bits per heavy atom. The number of aryl methyl sites for hydroxylation is 1. The Labute approximate surface area is 92.3 Å². The maximum Gasteiger partial charge on any atom is 0.338 e. The van der Waals surface area contributed by atoms with Gasteiger partial charge in [-0.15, -0.1) is 0 Å². The number of carbonyl (C=O) groups is 1. The van der Waals surface area contributed by atoms with E-state index in [0.29, 0.717) is 23.4 Å². The summed E-state index contributed by atoms with van der Waals surface area (Å²) in [6.07, 6.45) is 3.15. The van der Waals surface area contributed by atoms with Crippen LogP contribution in [0.4, 0.5) is 0 Å². The van der Waals surface area contributed by atoms with Gasteiger partial charge in [0.25, 0.3) is 0 Å². The highest BCUT2D eigenvalue weighted by Gasteiger charge is 2.17. The van der Waals surface area contributed by atoms with E-state index in [0.717, 1.165) is 0 Å². The summed E-state index contributed by atoms with van der Waals surface area (Å²) in [6, 6.07) is 1.68. The number of hydrogen-bond donors (Lipinski definition) is 1. The molecule has 0 aliphatic rings. The summed E-state index contributed by atoms with van der Waals surface area (Å²) in [5.41, 5.74) is 0.831. The second kappa shape index (κ2) is 3.84. The van der Waals surface area contributed by atoms with Gasteiger partial charge < -0.3 is 14.4 Å². The number of pyridine rings is 1. The molecule has 0 fully saturated rings. The minimum absolute atomic E-state index is 0.217. The summed E-state index contributed by atoms with van der Waals surface area (Å²) in [5.74, 6) is -0.412. The van der Waals surface area contributed by atoms with Crippen molar-refractivity contribution in [2.75, 3.05) is 6.61 Å². The Kier molecular flexibility index (Phi) is 2.52. The van der Waals surface area contributed by atoms with Gasteiger partial charge in [-0.25, -0.2) is 9.78 Å². The van der Waals surface area contributed by atoms with Crippen molar-refractivity contribution < 1.29 is 14.6 Å². The number of carboxylic acids is 1. The largest absolute Gasteiger partial charge is 0.493 e. The predicted molar refractivity (Wildman–Crippen MR) is 58.8 cm³/mol. The van der Waals surface area contributed by atoms with E-state index in [1.807, 2.05) is 6.92 Å². The summed E-state index contributed by atoms with van der Waals surface area (Å²) in [4.78, 5) is 15.2. The van der Waals surface area contributed by atoms with E-state index in [4.69, 9.17) is 9.84 Å². The molecule has 0 aliphatic carbocycles. The van der Waals surface area contributed by atoms with Crippen LogP contribution in [0, 0.1) is 0 Å². The smallest absolute Gasteiger partial charge is 0.338 e. The molecule has 0 bridgehead atoms. The maximum atomic E-state index is 11.1. The zero-order valence-electron chi connectivity index (χ0n) is 9.10. The monoisotopic (exact) mass is 220 g/mol. The molecule has 0 unspecified atom stereocenters. The molecule has 84 valence electrons. The Bertz CT molecular complexity index is 545. The molecule has 16 heavy (non-hydrogen) atoms. The van der Waals surface area contributed by atoms with Crippen molar-refractivity contribution in [1.29, 1.82) is 0 Å². The lowest BCUT2D eigenvalue weighted by atomic mass is 10.2. The molecule has 2 aromatic rings. The molecular weight excluding hydrogens is 208 g/mol. The first kappa shape index (κ1) is 10.5. The average molecular weight is 220 g/mol. The van der Waals surface area contributed by atoms with Crippen molar-refractivity contribution in [2.24, 2.45) is 7.05 Å². The normalized spacial score (nSPS) is 10.6. The van der Waals surface area contributed by atoms with Crippen molar-refractivity contribution in [3.05, 3.63) is 24.0 Å². The van der Waals surface area contributed by atoms with E-state index in [1.165, 1.54) is 0 Å². The third kappa shape index (κ3) is 1.50. The van der Waals surface area contributed by atoms with Gasteiger partial charge in [0, 0.05) is 19.4 Å². The zero-order chi connectivity index (χ0) is 11.7. The van der Waals surface area contributed by atoms with Crippen LogP contribution in [-0.4, -0.2) is 27.2 Å². The second-order valence-electron chi connectivity index (χ2n) is 3.40. The number of rotatable bonds is 3. The van der Waals surface area contributed by atoms with Crippen LogP contribution in [0.2, 0.25) is 0 Å². The molecule has 2 aromatic heterocycles. The average Bonchev–Trinajstić information content (AvgIpc) is 2.58. The molecule has 5 nitrogen and oxygen atoms in total. The van der Waals surface area contributed by atoms with Crippen LogP contribution in [0.3, 0.4) is 0 Å². The Balaban J connectivity index is 2.77. The highest BCUT2D eigenvalue weighted by Crippen LogP contribution is 2.28. The highest BCUT2D eigenvalue weighted by atomic mass is 16.5. The van der Waals surface area contributed by atoms with Gasteiger partial charge in [0.05, 0.1) is 17.6 Å². The molecule has 5 heteroatoms. The van der Waals surface area contributed by atoms with Crippen LogP contribution in [0.25, 0.3) is 11.0 Å². The fourth-order valence-corrected chi connectivity index (χ4v) is 1.71. The van der Waals surface area contributed by atoms with Crippen molar-refractivity contribution in [2.45, 2.75) is 6.92 Å². The molecule has 0 spiro atoms. The lowest BCUT2D eigenvalue weighted by Gasteiger charge is -2.04. The fourth-order valence-electron chi connectivity index (χ4n) is 1.71. The molecule has 2 rings (SSSR count). The minimum atomic E-state index is -0.973. The van der Waals surface area contributed by atoms with E-state index in [1.54, 1.807) is 30.1 Å². The standard InChI is InChI=1S/C11H12N2O3/c1-3-16-8-4-5-12-10-9(8)7(11(14)15)6-13(10)2/h4-6H,3H2,1-2H3,(H,14,15). The first-order valence-corrected chi connectivity index (χ1v) is 4.95. The first-order chi connectivity index (χ1) is 7.65. The van der Waals surface area contributed by atoms with E-state index in [-0.39, 0.29) is 5.56 Å². The van der Waals surface area contributed by atoms with E-state index < -0.39 is 5.97 Å². The van der Waals surface area contributed by atoms with Crippen molar-refractivity contribution in [1.82, 2.24) is 9.55 Å². The summed E-state index contributed by atoms with van der Waals surface area (Å²) >= 11 is 0. The molecule has 0 aliphatic heterocycles. The third-order valence-corrected chi connectivity index (χ3v) is 2.35. The summed E-state index contributed by atoms with van der Waals surface area (Å²) in [6.45, 7) is 2.35. The third-order valence-electron chi connectivity index (χ3n) is 2.35. The summed E-state index contributed by atoms with van der Waals surface area (Å²) < 4.78 is 7.09. The van der Waals surface area contributed by atoms with Gasteiger partial charge in [-0.1, -0.05) is 0 Å². The molecule has 0 saturated carbocycles. The quantitative estimate of drug-likeness (QED) is 0.854. The number of aromatic carboxylic acids is 1. The van der Waals surface area contributed by atoms with E-state index in [2.05, 4.69) is 4.98 Å². The van der Waals surface area contributed by atoms with Crippen LogP contribution >= 0.6 is 0 Å². The minimum Gasteiger partial charge on any atom is -0.493 e. The van der Waals surface area contributed by atoms with Crippen molar-refractivity contribution in [3.63, 3.8) is 0 Å². The van der Waals surface area contributed by atoms with Gasteiger partial charge in [0.2, 0.25) is 0 Å². The molecule has 0 atom stereocenters. The number of ether oxygens (including phenoxy) is 1. The van der Waals surface area contributed by atoms with E-state index in [9.17, 15) is 4.79 Å². The maximum absolute atomic E-state index is 11.1. The lowest BCUT2D eigenvalue weighted by molar-refractivity contribution is 0.0698. The van der Waals surface area contributed by atoms with Crippen molar-refractivity contribution in [3.8, 4) is 5.75 Å². The predicted octanol–water partition coefficient (Wildman–Crippen LogP) is 1.67.